The average molecular weight is 453 g/mol. The lowest BCUT2D eigenvalue weighted by atomic mass is 10.1. The molecule has 0 bridgehead atoms. The van der Waals surface area contributed by atoms with Crippen LogP contribution in [0.5, 0.6) is 0 Å². The summed E-state index contributed by atoms with van der Waals surface area (Å²) in [5, 5.41) is 3.89. The number of nitrogens with zero attached hydrogens (tertiary/aromatic N) is 3. The largest absolute Gasteiger partial charge is 0.349 e. The smallest absolute Gasteiger partial charge is 0.243 e. The topological polar surface area (TPSA) is 59.8 Å². The molecule has 0 fully saturated rings. The normalized spacial score (nSPS) is 12.1. The number of benzene rings is 2. The van der Waals surface area contributed by atoms with Crippen LogP contribution in [-0.4, -0.2) is 20.4 Å². The molecule has 1 amide bonds. The second-order valence-electron chi connectivity index (χ2n) is 7.28. The van der Waals surface area contributed by atoms with E-state index >= 15 is 0 Å². The van der Waals surface area contributed by atoms with Gasteiger partial charge in [-0.05, 0) is 36.2 Å². The maximum absolute atomic E-state index is 13.2. The number of nitrogens with one attached hydrogen (secondary N) is 1. The van der Waals surface area contributed by atoms with Gasteiger partial charge in [-0.3, -0.25) is 9.78 Å². The van der Waals surface area contributed by atoms with Gasteiger partial charge in [-0.15, -0.1) is 0 Å². The first-order valence-corrected chi connectivity index (χ1v) is 10.9. The maximum Gasteiger partial charge on any atom is 0.243 e. The van der Waals surface area contributed by atoms with Crippen molar-refractivity contribution in [1.82, 2.24) is 19.9 Å². The van der Waals surface area contributed by atoms with Gasteiger partial charge in [-0.2, -0.15) is 0 Å². The number of hydrogen-bond donors (Lipinski definition) is 1. The molecule has 0 spiro atoms. The molecule has 0 aliphatic heterocycles. The first-order valence-electron chi connectivity index (χ1n) is 10.1. The van der Waals surface area contributed by atoms with Gasteiger partial charge in [0.1, 0.15) is 11.9 Å². The fourth-order valence-electron chi connectivity index (χ4n) is 3.67. The van der Waals surface area contributed by atoms with Gasteiger partial charge in [-0.25, -0.2) is 4.98 Å². The van der Waals surface area contributed by atoms with E-state index in [9.17, 15) is 4.79 Å². The molecule has 4 aromatic rings. The summed E-state index contributed by atoms with van der Waals surface area (Å²) < 4.78 is 1.98. The van der Waals surface area contributed by atoms with Crippen LogP contribution < -0.4 is 5.32 Å². The molecule has 5 nitrogen and oxygen atoms in total. The molecule has 2 aromatic heterocycles. The second kappa shape index (κ2) is 9.50. The molecule has 1 atom stereocenters. The highest BCUT2D eigenvalue weighted by atomic mass is 35.5. The number of pyridine rings is 1. The summed E-state index contributed by atoms with van der Waals surface area (Å²) in [4.78, 5) is 22.3. The van der Waals surface area contributed by atoms with Crippen LogP contribution >= 0.6 is 23.2 Å². The Morgan fingerprint density at radius 3 is 2.52 bits per heavy atom. The monoisotopic (exact) mass is 452 g/mol. The van der Waals surface area contributed by atoms with Crippen molar-refractivity contribution in [2.75, 3.05) is 0 Å². The Hall–Kier alpha value is -2.89. The number of halogens is 2. The number of hydrogen-bond acceptors (Lipinski definition) is 3. The molecule has 7 heteroatoms. The van der Waals surface area contributed by atoms with E-state index in [0.29, 0.717) is 29.4 Å². The zero-order valence-electron chi connectivity index (χ0n) is 17.1. The van der Waals surface area contributed by atoms with E-state index in [0.717, 1.165) is 28.1 Å². The minimum Gasteiger partial charge on any atom is -0.349 e. The molecule has 0 saturated carbocycles. The molecule has 4 rings (SSSR count). The Morgan fingerprint density at radius 2 is 1.81 bits per heavy atom. The lowest BCUT2D eigenvalue weighted by molar-refractivity contribution is -0.124. The van der Waals surface area contributed by atoms with Crippen molar-refractivity contribution in [3.8, 4) is 0 Å². The average Bonchev–Trinajstić information content (AvgIpc) is 3.11. The molecule has 0 aliphatic carbocycles. The molecule has 0 aliphatic rings. The fourth-order valence-corrected chi connectivity index (χ4v) is 3.99. The Kier molecular flexibility index (Phi) is 6.54. The minimum atomic E-state index is -0.440. The minimum absolute atomic E-state index is 0.0900. The van der Waals surface area contributed by atoms with Crippen LogP contribution in [0.4, 0.5) is 0 Å². The molecule has 1 unspecified atom stereocenters. The van der Waals surface area contributed by atoms with Crippen LogP contribution in [0, 0.1) is 0 Å². The number of fused-ring (bicyclic) bond motifs is 1. The Bertz CT molecular complexity index is 1190. The first kappa shape index (κ1) is 21.3. The zero-order valence-corrected chi connectivity index (χ0v) is 18.6. The Labute approximate surface area is 191 Å². The van der Waals surface area contributed by atoms with Crippen molar-refractivity contribution < 1.29 is 4.79 Å². The van der Waals surface area contributed by atoms with Crippen molar-refractivity contribution in [3.05, 3.63) is 94.0 Å². The first-order chi connectivity index (χ1) is 15.1. The Balaban J connectivity index is 1.72. The summed E-state index contributed by atoms with van der Waals surface area (Å²) >= 11 is 12.6. The number of imidazole rings is 1. The molecule has 0 radical (unpaired) electrons. The van der Waals surface area contributed by atoms with Gasteiger partial charge in [0.2, 0.25) is 5.91 Å². The highest BCUT2D eigenvalue weighted by Crippen LogP contribution is 2.32. The molecule has 31 heavy (non-hydrogen) atoms. The summed E-state index contributed by atoms with van der Waals surface area (Å²) in [6.45, 7) is 2.35. The number of amides is 1. The van der Waals surface area contributed by atoms with Crippen molar-refractivity contribution in [2.45, 2.75) is 32.4 Å². The quantitative estimate of drug-likeness (QED) is 0.397. The van der Waals surface area contributed by atoms with Gasteiger partial charge in [0.25, 0.3) is 0 Å². The lowest BCUT2D eigenvalue weighted by Crippen LogP contribution is -2.33. The SMILES string of the molecule is CCC(C(=O)NCc1ccccn1)n1c(Cc2ccccc2)nc2cc(Cl)c(Cl)cc21. The van der Waals surface area contributed by atoms with Crippen molar-refractivity contribution in [3.63, 3.8) is 0 Å². The van der Waals surface area contributed by atoms with Crippen LogP contribution in [0.1, 0.15) is 36.5 Å². The Morgan fingerprint density at radius 1 is 1.06 bits per heavy atom. The van der Waals surface area contributed by atoms with Crippen LogP contribution in [0.15, 0.2) is 66.9 Å². The number of rotatable bonds is 7. The van der Waals surface area contributed by atoms with E-state index in [2.05, 4.69) is 10.3 Å². The zero-order chi connectivity index (χ0) is 21.8. The summed E-state index contributed by atoms with van der Waals surface area (Å²) in [6, 6.07) is 18.8. The van der Waals surface area contributed by atoms with Gasteiger partial charge >= 0.3 is 0 Å². The summed E-state index contributed by atoms with van der Waals surface area (Å²) in [5.41, 5.74) is 3.43. The maximum atomic E-state index is 13.2. The number of aromatic nitrogens is 3. The van der Waals surface area contributed by atoms with E-state index in [-0.39, 0.29) is 5.91 Å². The summed E-state index contributed by atoms with van der Waals surface area (Å²) in [6.07, 6.45) is 2.90. The number of carbonyl (C=O) groups excluding carboxylic acids is 1. The van der Waals surface area contributed by atoms with Crippen LogP contribution in [-0.2, 0) is 17.8 Å². The fraction of sp³-hybridized carbons (Fsp3) is 0.208. The molecule has 0 saturated heterocycles. The van der Waals surface area contributed by atoms with Gasteiger partial charge in [0.15, 0.2) is 0 Å². The molecular weight excluding hydrogens is 431 g/mol. The predicted octanol–water partition coefficient (Wildman–Crippen LogP) is 5.60. The third-order valence-corrected chi connectivity index (χ3v) is 5.90. The van der Waals surface area contributed by atoms with Crippen LogP contribution in [0.3, 0.4) is 0 Å². The van der Waals surface area contributed by atoms with Gasteiger partial charge < -0.3 is 9.88 Å². The second-order valence-corrected chi connectivity index (χ2v) is 8.09. The van der Waals surface area contributed by atoms with Crippen molar-refractivity contribution in [1.29, 1.82) is 0 Å². The molecular formula is C24H22Cl2N4O. The third kappa shape index (κ3) is 4.73. The van der Waals surface area contributed by atoms with Crippen molar-refractivity contribution >= 4 is 40.1 Å². The van der Waals surface area contributed by atoms with Gasteiger partial charge in [-0.1, -0.05) is 66.5 Å². The summed E-state index contributed by atoms with van der Waals surface area (Å²) in [7, 11) is 0. The van der Waals surface area contributed by atoms with E-state index in [1.165, 1.54) is 0 Å². The third-order valence-electron chi connectivity index (χ3n) is 5.18. The number of carbonyl (C=O) groups is 1. The highest BCUT2D eigenvalue weighted by molar-refractivity contribution is 6.42. The molecule has 158 valence electrons. The van der Waals surface area contributed by atoms with E-state index < -0.39 is 6.04 Å². The van der Waals surface area contributed by atoms with E-state index in [1.54, 1.807) is 18.3 Å². The summed E-state index contributed by atoms with van der Waals surface area (Å²) in [5.74, 6) is 0.701. The molecule has 1 N–H and O–H groups in total. The van der Waals surface area contributed by atoms with Crippen molar-refractivity contribution in [2.24, 2.45) is 0 Å². The predicted molar refractivity (Wildman–Crippen MR) is 124 cm³/mol. The highest BCUT2D eigenvalue weighted by Gasteiger charge is 2.25. The van der Waals surface area contributed by atoms with E-state index in [4.69, 9.17) is 28.2 Å². The molecule has 2 heterocycles. The molecule has 2 aromatic carbocycles. The van der Waals surface area contributed by atoms with Gasteiger partial charge in [0, 0.05) is 12.6 Å². The van der Waals surface area contributed by atoms with Crippen LogP contribution in [0.25, 0.3) is 11.0 Å². The van der Waals surface area contributed by atoms with Gasteiger partial charge in [0.05, 0.1) is 33.3 Å². The lowest BCUT2D eigenvalue weighted by Gasteiger charge is -2.20. The standard InChI is InChI=1S/C24H22Cl2N4O/c1-2-21(24(31)28-15-17-10-6-7-11-27-17)30-22-14-19(26)18(25)13-20(22)29-23(30)12-16-8-4-3-5-9-16/h3-11,13-14,21H,2,12,15H2,1H3,(H,28,31). The van der Waals surface area contributed by atoms with Crippen LogP contribution in [0.2, 0.25) is 10.0 Å². The van der Waals surface area contributed by atoms with E-state index in [1.807, 2.05) is 60.0 Å².